The third-order valence-corrected chi connectivity index (χ3v) is 3.37. The molecule has 4 nitrogen and oxygen atoms in total. The van der Waals surface area contributed by atoms with Crippen molar-refractivity contribution in [1.82, 2.24) is 4.98 Å². The molecule has 0 amide bonds. The minimum absolute atomic E-state index is 0.122. The maximum Gasteiger partial charge on any atom is 0.144 e. The highest BCUT2D eigenvalue weighted by Gasteiger charge is 2.15. The Kier molecular flexibility index (Phi) is 4.16. The van der Waals surface area contributed by atoms with E-state index in [0.29, 0.717) is 17.8 Å². The lowest BCUT2D eigenvalue weighted by Crippen LogP contribution is -2.19. The van der Waals surface area contributed by atoms with E-state index in [4.69, 9.17) is 5.11 Å². The standard InChI is InChI=1S/C14H19N3O/c1-10(6-7-18)16-14-12(9-15)8-11-4-2-3-5-13(11)17-14/h8,10,18H,2-7H2,1H3,(H,16,17). The van der Waals surface area contributed by atoms with E-state index >= 15 is 0 Å². The number of nitriles is 1. The number of nitrogens with one attached hydrogen (secondary N) is 1. The Bertz CT molecular complexity index is 465. The molecule has 1 unspecified atom stereocenters. The van der Waals surface area contributed by atoms with Crippen LogP contribution < -0.4 is 5.32 Å². The molecule has 1 aromatic rings. The zero-order chi connectivity index (χ0) is 13.0. The van der Waals surface area contributed by atoms with Crippen LogP contribution in [0.4, 0.5) is 5.82 Å². The van der Waals surface area contributed by atoms with Gasteiger partial charge in [-0.1, -0.05) is 0 Å². The maximum absolute atomic E-state index is 9.18. The smallest absolute Gasteiger partial charge is 0.144 e. The van der Waals surface area contributed by atoms with Crippen molar-refractivity contribution in [2.75, 3.05) is 11.9 Å². The Balaban J connectivity index is 2.26. The van der Waals surface area contributed by atoms with Crippen molar-refractivity contribution in [3.63, 3.8) is 0 Å². The fraction of sp³-hybridized carbons (Fsp3) is 0.571. The molecule has 0 bridgehead atoms. The number of aliphatic hydroxyl groups is 1. The van der Waals surface area contributed by atoms with Crippen LogP contribution in [-0.4, -0.2) is 22.7 Å². The molecule has 0 radical (unpaired) electrons. The fourth-order valence-corrected chi connectivity index (χ4v) is 2.33. The molecule has 1 aromatic heterocycles. The Morgan fingerprint density at radius 2 is 2.28 bits per heavy atom. The lowest BCUT2D eigenvalue weighted by molar-refractivity contribution is 0.282. The molecule has 2 N–H and O–H groups in total. The average Bonchev–Trinajstić information content (AvgIpc) is 2.38. The van der Waals surface area contributed by atoms with Crippen LogP contribution in [-0.2, 0) is 12.8 Å². The Morgan fingerprint density at radius 1 is 1.50 bits per heavy atom. The number of fused-ring (bicyclic) bond motifs is 1. The van der Waals surface area contributed by atoms with E-state index in [9.17, 15) is 5.26 Å². The summed E-state index contributed by atoms with van der Waals surface area (Å²) in [7, 11) is 0. The van der Waals surface area contributed by atoms with Gasteiger partial charge >= 0.3 is 0 Å². The van der Waals surface area contributed by atoms with Crippen molar-refractivity contribution in [3.05, 3.63) is 22.9 Å². The third kappa shape index (κ3) is 2.80. The van der Waals surface area contributed by atoms with E-state index in [1.165, 1.54) is 18.4 Å². The van der Waals surface area contributed by atoms with Crippen molar-refractivity contribution in [3.8, 4) is 6.07 Å². The SMILES string of the molecule is CC(CCO)Nc1nc2c(cc1C#N)CCCC2. The van der Waals surface area contributed by atoms with Crippen molar-refractivity contribution in [2.45, 2.75) is 45.1 Å². The first-order valence-corrected chi connectivity index (χ1v) is 6.55. The van der Waals surface area contributed by atoms with Crippen LogP contribution in [0.2, 0.25) is 0 Å². The van der Waals surface area contributed by atoms with Gasteiger partial charge in [-0.15, -0.1) is 0 Å². The van der Waals surface area contributed by atoms with Crippen molar-refractivity contribution >= 4 is 5.82 Å². The number of nitrogens with zero attached hydrogens (tertiary/aromatic N) is 2. The summed E-state index contributed by atoms with van der Waals surface area (Å²) in [6, 6.07) is 4.29. The summed E-state index contributed by atoms with van der Waals surface area (Å²) in [5.41, 5.74) is 2.96. The summed E-state index contributed by atoms with van der Waals surface area (Å²) in [4.78, 5) is 4.59. The number of aromatic nitrogens is 1. The molecule has 0 saturated heterocycles. The van der Waals surface area contributed by atoms with Gasteiger partial charge in [0.1, 0.15) is 11.9 Å². The van der Waals surface area contributed by atoms with E-state index in [-0.39, 0.29) is 12.6 Å². The molecule has 0 spiro atoms. The maximum atomic E-state index is 9.18. The molecule has 96 valence electrons. The number of anilines is 1. The van der Waals surface area contributed by atoms with E-state index in [1.807, 2.05) is 13.0 Å². The van der Waals surface area contributed by atoms with Gasteiger partial charge in [0.15, 0.2) is 0 Å². The molecule has 4 heteroatoms. The first kappa shape index (κ1) is 12.8. The molecule has 1 aliphatic carbocycles. The van der Waals surface area contributed by atoms with Gasteiger partial charge in [0, 0.05) is 18.3 Å². The molecular weight excluding hydrogens is 226 g/mol. The second kappa shape index (κ2) is 5.83. The topological polar surface area (TPSA) is 68.9 Å². The van der Waals surface area contributed by atoms with Crippen molar-refractivity contribution in [1.29, 1.82) is 5.26 Å². The summed E-state index contributed by atoms with van der Waals surface area (Å²) in [6.07, 6.45) is 5.06. The van der Waals surface area contributed by atoms with Gasteiger partial charge in [0.25, 0.3) is 0 Å². The second-order valence-electron chi connectivity index (χ2n) is 4.87. The lowest BCUT2D eigenvalue weighted by atomic mass is 9.95. The molecule has 2 rings (SSSR count). The number of aryl methyl sites for hydroxylation is 2. The number of hydrogen-bond donors (Lipinski definition) is 2. The zero-order valence-electron chi connectivity index (χ0n) is 10.7. The molecule has 18 heavy (non-hydrogen) atoms. The van der Waals surface area contributed by atoms with Crippen LogP contribution in [0.3, 0.4) is 0 Å². The molecule has 0 aliphatic heterocycles. The van der Waals surface area contributed by atoms with Gasteiger partial charge in [-0.3, -0.25) is 0 Å². The highest BCUT2D eigenvalue weighted by molar-refractivity contribution is 5.55. The zero-order valence-corrected chi connectivity index (χ0v) is 10.7. The highest BCUT2D eigenvalue weighted by Crippen LogP contribution is 2.24. The Hall–Kier alpha value is -1.60. The quantitative estimate of drug-likeness (QED) is 0.851. The van der Waals surface area contributed by atoms with Crippen LogP contribution in [0.5, 0.6) is 0 Å². The molecule has 1 atom stereocenters. The summed E-state index contributed by atoms with van der Waals surface area (Å²) in [5.74, 6) is 0.666. The average molecular weight is 245 g/mol. The van der Waals surface area contributed by atoms with Crippen molar-refractivity contribution < 1.29 is 5.11 Å². The van der Waals surface area contributed by atoms with Gasteiger partial charge in [-0.2, -0.15) is 5.26 Å². The molecule has 0 aromatic carbocycles. The molecular formula is C14H19N3O. The van der Waals surface area contributed by atoms with Crippen LogP contribution in [0.15, 0.2) is 6.07 Å². The van der Waals surface area contributed by atoms with E-state index in [1.54, 1.807) is 0 Å². The third-order valence-electron chi connectivity index (χ3n) is 3.37. The van der Waals surface area contributed by atoms with Crippen LogP contribution in [0.1, 0.15) is 43.0 Å². The predicted octanol–water partition coefficient (Wildman–Crippen LogP) is 2.01. The van der Waals surface area contributed by atoms with E-state index < -0.39 is 0 Å². The van der Waals surface area contributed by atoms with E-state index in [2.05, 4.69) is 16.4 Å². The monoisotopic (exact) mass is 245 g/mol. The number of aliphatic hydroxyl groups excluding tert-OH is 1. The minimum Gasteiger partial charge on any atom is -0.396 e. The second-order valence-corrected chi connectivity index (χ2v) is 4.87. The largest absolute Gasteiger partial charge is 0.396 e. The van der Waals surface area contributed by atoms with Crippen LogP contribution in [0, 0.1) is 11.3 Å². The molecule has 1 heterocycles. The predicted molar refractivity (Wildman–Crippen MR) is 70.4 cm³/mol. The molecule has 1 aliphatic rings. The van der Waals surface area contributed by atoms with Gasteiger partial charge in [0.2, 0.25) is 0 Å². The van der Waals surface area contributed by atoms with Gasteiger partial charge < -0.3 is 10.4 Å². The Morgan fingerprint density at radius 3 is 3.00 bits per heavy atom. The van der Waals surface area contributed by atoms with Gasteiger partial charge in [-0.05, 0) is 50.7 Å². The number of pyridine rings is 1. The summed E-state index contributed by atoms with van der Waals surface area (Å²) in [5, 5.41) is 21.3. The first-order valence-electron chi connectivity index (χ1n) is 6.55. The number of rotatable bonds is 4. The van der Waals surface area contributed by atoms with Crippen LogP contribution >= 0.6 is 0 Å². The number of hydrogen-bond acceptors (Lipinski definition) is 4. The van der Waals surface area contributed by atoms with Gasteiger partial charge in [-0.25, -0.2) is 4.98 Å². The van der Waals surface area contributed by atoms with Crippen LogP contribution in [0.25, 0.3) is 0 Å². The summed E-state index contributed by atoms with van der Waals surface area (Å²) >= 11 is 0. The highest BCUT2D eigenvalue weighted by atomic mass is 16.3. The summed E-state index contributed by atoms with van der Waals surface area (Å²) < 4.78 is 0. The first-order chi connectivity index (χ1) is 8.74. The molecule has 0 fully saturated rings. The van der Waals surface area contributed by atoms with E-state index in [0.717, 1.165) is 18.5 Å². The lowest BCUT2D eigenvalue weighted by Gasteiger charge is -2.19. The minimum atomic E-state index is 0.122. The van der Waals surface area contributed by atoms with Gasteiger partial charge in [0.05, 0.1) is 5.56 Å². The van der Waals surface area contributed by atoms with Crippen molar-refractivity contribution in [2.24, 2.45) is 0 Å². The normalized spacial score (nSPS) is 15.6. The fourth-order valence-electron chi connectivity index (χ4n) is 2.33. The molecule has 0 saturated carbocycles. The summed E-state index contributed by atoms with van der Waals surface area (Å²) in [6.45, 7) is 2.12. The Labute approximate surface area is 108 Å².